The predicted molar refractivity (Wildman–Crippen MR) is 138 cm³/mol. The van der Waals surface area contributed by atoms with E-state index in [1.165, 1.54) is 4.90 Å². The number of ether oxygens (including phenoxy) is 1. The zero-order valence-electron chi connectivity index (χ0n) is 20.7. The van der Waals surface area contributed by atoms with Crippen LogP contribution in [0, 0.1) is 0 Å². The van der Waals surface area contributed by atoms with Gasteiger partial charge in [-0.15, -0.1) is 0 Å². The van der Waals surface area contributed by atoms with E-state index in [-0.39, 0.29) is 28.5 Å². The molecular weight excluding hydrogens is 440 g/mol. The lowest BCUT2D eigenvalue weighted by atomic mass is 9.92. The van der Waals surface area contributed by atoms with Gasteiger partial charge in [0.2, 0.25) is 0 Å². The molecule has 0 saturated heterocycles. The van der Waals surface area contributed by atoms with E-state index in [4.69, 9.17) is 4.74 Å². The first-order chi connectivity index (χ1) is 16.7. The number of benzene rings is 3. The fraction of sp³-hybridized carbons (Fsp3) is 0.276. The van der Waals surface area contributed by atoms with E-state index in [1.54, 1.807) is 42.5 Å². The van der Waals surface area contributed by atoms with Gasteiger partial charge in [0.05, 0.1) is 29.0 Å². The van der Waals surface area contributed by atoms with Crippen LogP contribution in [0.1, 0.15) is 88.7 Å². The molecule has 1 heterocycles. The van der Waals surface area contributed by atoms with Crippen LogP contribution in [0.2, 0.25) is 0 Å². The topological polar surface area (TPSA) is 75.7 Å². The number of imide groups is 1. The van der Waals surface area contributed by atoms with E-state index in [0.717, 1.165) is 11.1 Å². The van der Waals surface area contributed by atoms with Crippen LogP contribution in [0.5, 0.6) is 5.75 Å². The summed E-state index contributed by atoms with van der Waals surface area (Å²) in [5, 5.41) is 2.83. The second-order valence-corrected chi connectivity index (χ2v) is 9.18. The average molecular weight is 471 g/mol. The monoisotopic (exact) mass is 470 g/mol. The van der Waals surface area contributed by atoms with Crippen LogP contribution < -0.4 is 15.0 Å². The molecule has 0 unspecified atom stereocenters. The predicted octanol–water partition coefficient (Wildman–Crippen LogP) is 6.39. The molecular formula is C29H30N2O4. The molecule has 0 bridgehead atoms. The highest BCUT2D eigenvalue weighted by Crippen LogP contribution is 2.40. The fourth-order valence-electron chi connectivity index (χ4n) is 4.45. The second-order valence-electron chi connectivity index (χ2n) is 9.18. The van der Waals surface area contributed by atoms with Gasteiger partial charge in [0.25, 0.3) is 17.7 Å². The van der Waals surface area contributed by atoms with Gasteiger partial charge in [-0.1, -0.05) is 52.0 Å². The molecule has 0 radical (unpaired) electrons. The Morgan fingerprint density at radius 3 is 2.03 bits per heavy atom. The normalized spacial score (nSPS) is 12.9. The van der Waals surface area contributed by atoms with Gasteiger partial charge < -0.3 is 10.1 Å². The van der Waals surface area contributed by atoms with Crippen molar-refractivity contribution in [3.8, 4) is 5.75 Å². The van der Waals surface area contributed by atoms with Crippen LogP contribution in [0.4, 0.5) is 11.4 Å². The average Bonchev–Trinajstić information content (AvgIpc) is 3.09. The summed E-state index contributed by atoms with van der Waals surface area (Å²) in [6, 6.07) is 17.7. The molecule has 3 aromatic rings. The van der Waals surface area contributed by atoms with Gasteiger partial charge in [0.1, 0.15) is 5.75 Å². The van der Waals surface area contributed by atoms with E-state index in [9.17, 15) is 14.4 Å². The maximum atomic E-state index is 13.8. The summed E-state index contributed by atoms with van der Waals surface area (Å²) in [6.07, 6.45) is 0. The van der Waals surface area contributed by atoms with Gasteiger partial charge in [-0.2, -0.15) is 0 Å². The molecule has 0 aromatic heterocycles. The molecule has 4 rings (SSSR count). The minimum atomic E-state index is -0.475. The molecule has 1 N–H and O–H groups in total. The molecule has 3 aromatic carbocycles. The highest BCUT2D eigenvalue weighted by Gasteiger charge is 2.41. The summed E-state index contributed by atoms with van der Waals surface area (Å²) in [5.41, 5.74) is 3.58. The zero-order chi connectivity index (χ0) is 25.3. The number of rotatable bonds is 7. The van der Waals surface area contributed by atoms with Crippen LogP contribution in [0.25, 0.3) is 0 Å². The minimum absolute atomic E-state index is 0.107. The van der Waals surface area contributed by atoms with Crippen molar-refractivity contribution >= 4 is 29.1 Å². The van der Waals surface area contributed by atoms with Gasteiger partial charge in [-0.3, -0.25) is 14.4 Å². The van der Waals surface area contributed by atoms with Crippen LogP contribution in [0.15, 0.2) is 60.7 Å². The molecule has 0 saturated carbocycles. The van der Waals surface area contributed by atoms with Crippen molar-refractivity contribution < 1.29 is 19.1 Å². The third-order valence-electron chi connectivity index (χ3n) is 6.15. The zero-order valence-corrected chi connectivity index (χ0v) is 20.7. The molecule has 0 atom stereocenters. The Labute approximate surface area is 205 Å². The number of anilines is 2. The third kappa shape index (κ3) is 4.44. The van der Waals surface area contributed by atoms with Crippen molar-refractivity contribution in [1.82, 2.24) is 0 Å². The first-order valence-electron chi connectivity index (χ1n) is 11.9. The number of nitrogens with one attached hydrogen (secondary N) is 1. The van der Waals surface area contributed by atoms with E-state index >= 15 is 0 Å². The molecule has 0 aliphatic carbocycles. The van der Waals surface area contributed by atoms with Gasteiger partial charge in [-0.25, -0.2) is 4.90 Å². The van der Waals surface area contributed by atoms with E-state index in [2.05, 4.69) is 5.32 Å². The highest BCUT2D eigenvalue weighted by atomic mass is 16.5. The standard InChI is InChI=1S/C29H30N2O4/c1-6-35-20-15-13-19(14-16-20)30-27(32)23-11-8-12-24-25(23)29(34)31(28(24)33)26-21(17(2)3)9-7-10-22(26)18(4)5/h7-18H,6H2,1-5H3,(H,30,32). The molecule has 6 heteroatoms. The molecule has 180 valence electrons. The summed E-state index contributed by atoms with van der Waals surface area (Å²) in [5.74, 6) is -0.415. The summed E-state index contributed by atoms with van der Waals surface area (Å²) < 4.78 is 5.44. The quantitative estimate of drug-likeness (QED) is 0.406. The first kappa shape index (κ1) is 24.2. The molecule has 1 aliphatic rings. The van der Waals surface area contributed by atoms with Crippen molar-refractivity contribution in [3.05, 3.63) is 88.5 Å². The Morgan fingerprint density at radius 1 is 0.857 bits per heavy atom. The van der Waals surface area contributed by atoms with Crippen molar-refractivity contribution in [2.24, 2.45) is 0 Å². The summed E-state index contributed by atoms with van der Waals surface area (Å²) in [6.45, 7) is 10.6. The summed E-state index contributed by atoms with van der Waals surface area (Å²) in [4.78, 5) is 41.8. The van der Waals surface area contributed by atoms with Gasteiger partial charge in [0, 0.05) is 5.69 Å². The Morgan fingerprint density at radius 2 is 1.46 bits per heavy atom. The molecule has 6 nitrogen and oxygen atoms in total. The maximum Gasteiger partial charge on any atom is 0.266 e. The third-order valence-corrected chi connectivity index (χ3v) is 6.15. The second kappa shape index (κ2) is 9.74. The lowest BCUT2D eigenvalue weighted by molar-refractivity contribution is 0.0919. The molecule has 3 amide bonds. The van der Waals surface area contributed by atoms with E-state index in [1.807, 2.05) is 52.8 Å². The largest absolute Gasteiger partial charge is 0.494 e. The number of carbonyl (C=O) groups is 3. The molecule has 1 aliphatic heterocycles. The number of carbonyl (C=O) groups excluding carboxylic acids is 3. The Kier molecular flexibility index (Phi) is 6.74. The first-order valence-corrected chi connectivity index (χ1v) is 11.9. The molecule has 0 spiro atoms. The number of hydrogen-bond acceptors (Lipinski definition) is 4. The van der Waals surface area contributed by atoms with Crippen molar-refractivity contribution in [1.29, 1.82) is 0 Å². The van der Waals surface area contributed by atoms with Crippen LogP contribution in [0.3, 0.4) is 0 Å². The Hall–Kier alpha value is -3.93. The van der Waals surface area contributed by atoms with Crippen LogP contribution >= 0.6 is 0 Å². The summed E-state index contributed by atoms with van der Waals surface area (Å²) >= 11 is 0. The number of amides is 3. The van der Waals surface area contributed by atoms with Gasteiger partial charge in [0.15, 0.2) is 0 Å². The van der Waals surface area contributed by atoms with Crippen molar-refractivity contribution in [2.75, 3.05) is 16.8 Å². The Bertz CT molecular complexity index is 1270. The molecule has 35 heavy (non-hydrogen) atoms. The smallest absolute Gasteiger partial charge is 0.266 e. The highest BCUT2D eigenvalue weighted by molar-refractivity contribution is 6.37. The van der Waals surface area contributed by atoms with Crippen LogP contribution in [-0.2, 0) is 0 Å². The van der Waals surface area contributed by atoms with E-state index in [0.29, 0.717) is 23.7 Å². The number of nitrogens with zero attached hydrogens (tertiary/aromatic N) is 1. The van der Waals surface area contributed by atoms with E-state index < -0.39 is 17.7 Å². The number of fused-ring (bicyclic) bond motifs is 1. The van der Waals surface area contributed by atoms with Crippen molar-refractivity contribution in [3.63, 3.8) is 0 Å². The maximum absolute atomic E-state index is 13.8. The lowest BCUT2D eigenvalue weighted by Crippen LogP contribution is -2.32. The van der Waals surface area contributed by atoms with Gasteiger partial charge >= 0.3 is 0 Å². The summed E-state index contributed by atoms with van der Waals surface area (Å²) in [7, 11) is 0. The Balaban J connectivity index is 1.73. The minimum Gasteiger partial charge on any atom is -0.494 e. The molecule has 0 fully saturated rings. The SMILES string of the molecule is CCOc1ccc(NC(=O)c2cccc3c2C(=O)N(c2c(C(C)C)cccc2C(C)C)C3=O)cc1. The van der Waals surface area contributed by atoms with Crippen LogP contribution in [-0.4, -0.2) is 24.3 Å². The fourth-order valence-corrected chi connectivity index (χ4v) is 4.45. The number of para-hydroxylation sites is 1. The lowest BCUT2D eigenvalue weighted by Gasteiger charge is -2.25. The van der Waals surface area contributed by atoms with Gasteiger partial charge in [-0.05, 0) is 66.3 Å². The van der Waals surface area contributed by atoms with Crippen molar-refractivity contribution in [2.45, 2.75) is 46.5 Å². The number of hydrogen-bond donors (Lipinski definition) is 1.